The van der Waals surface area contributed by atoms with E-state index in [1.54, 1.807) is 11.3 Å². The lowest BCUT2D eigenvalue weighted by molar-refractivity contribution is 0.291. The summed E-state index contributed by atoms with van der Waals surface area (Å²) in [7, 11) is 0. The molecule has 1 aromatic carbocycles. The number of halogens is 3. The Hall–Kier alpha value is 0.160. The van der Waals surface area contributed by atoms with E-state index in [-0.39, 0.29) is 10.2 Å². The van der Waals surface area contributed by atoms with E-state index in [0.29, 0.717) is 0 Å². The molecule has 1 nitrogen and oxygen atoms in total. The van der Waals surface area contributed by atoms with Crippen LogP contribution in [-0.4, -0.2) is 6.61 Å². The molecule has 1 unspecified atom stereocenters. The van der Waals surface area contributed by atoms with Crippen molar-refractivity contribution in [2.24, 2.45) is 0 Å². The van der Waals surface area contributed by atoms with Crippen molar-refractivity contribution >= 4 is 59.1 Å². The number of benzene rings is 1. The number of hydrogen-bond donors (Lipinski definition) is 0. The number of rotatable bonds is 2. The lowest BCUT2D eigenvalue weighted by atomic mass is 9.85. The van der Waals surface area contributed by atoms with Crippen LogP contribution in [0.2, 0.25) is 0 Å². The molecule has 20 heavy (non-hydrogen) atoms. The van der Waals surface area contributed by atoms with Crippen molar-refractivity contribution in [2.75, 3.05) is 6.61 Å². The number of thiophene rings is 1. The van der Waals surface area contributed by atoms with Crippen LogP contribution in [0.4, 0.5) is 0 Å². The molecule has 1 aliphatic rings. The summed E-state index contributed by atoms with van der Waals surface area (Å²) < 4.78 is 8.04. The molecule has 106 valence electrons. The Balaban J connectivity index is 2.02. The second-order valence-electron chi connectivity index (χ2n) is 5.57. The Labute approximate surface area is 148 Å². The summed E-state index contributed by atoms with van der Waals surface area (Å²) in [6, 6.07) is 8.64. The van der Waals surface area contributed by atoms with E-state index in [9.17, 15) is 0 Å². The van der Waals surface area contributed by atoms with Gasteiger partial charge < -0.3 is 4.74 Å². The minimum atomic E-state index is 0.0878. The first-order valence-corrected chi connectivity index (χ1v) is 9.56. The van der Waals surface area contributed by atoms with Crippen molar-refractivity contribution in [3.63, 3.8) is 0 Å². The zero-order valence-electron chi connectivity index (χ0n) is 11.0. The number of fused-ring (bicyclic) bond motifs is 1. The molecule has 5 heteroatoms. The van der Waals surface area contributed by atoms with Gasteiger partial charge in [0, 0.05) is 11.0 Å². The van der Waals surface area contributed by atoms with Crippen molar-refractivity contribution in [3.8, 4) is 5.75 Å². The molecule has 2 aromatic rings. The molecule has 0 fully saturated rings. The number of alkyl halides is 1. The van der Waals surface area contributed by atoms with Crippen molar-refractivity contribution in [3.05, 3.63) is 48.5 Å². The van der Waals surface area contributed by atoms with Gasteiger partial charge in [0.15, 0.2) is 0 Å². The lowest BCUT2D eigenvalue weighted by Crippen LogP contribution is -2.18. The van der Waals surface area contributed by atoms with Gasteiger partial charge in [0.05, 0.1) is 19.0 Å². The number of hydrogen-bond acceptors (Lipinski definition) is 2. The predicted molar refractivity (Wildman–Crippen MR) is 95.5 cm³/mol. The summed E-state index contributed by atoms with van der Waals surface area (Å²) in [6.07, 6.45) is 0. The molecule has 1 aliphatic heterocycles. The second-order valence-corrected chi connectivity index (χ2v) is 10.2. The van der Waals surface area contributed by atoms with E-state index in [0.717, 1.165) is 19.9 Å². The SMILES string of the molecule is CC1(C)COc2ccc(C(Br)c3cc(Br)sc3Br)cc21. The zero-order valence-corrected chi connectivity index (χ0v) is 16.6. The third kappa shape index (κ3) is 2.62. The molecule has 0 spiro atoms. The van der Waals surface area contributed by atoms with Gasteiger partial charge in [-0.1, -0.05) is 35.8 Å². The standard InChI is InChI=1S/C15H13Br3OS/c1-15(2)7-19-11-4-3-8(5-10(11)15)13(17)9-6-12(16)20-14(9)18/h3-6,13H,7H2,1-2H3. The summed E-state index contributed by atoms with van der Waals surface area (Å²) in [5.41, 5.74) is 3.89. The predicted octanol–water partition coefficient (Wildman–Crippen LogP) is 6.43. The summed E-state index contributed by atoms with van der Waals surface area (Å²) in [5, 5.41) is 0. The lowest BCUT2D eigenvalue weighted by Gasteiger charge is -2.17. The van der Waals surface area contributed by atoms with Gasteiger partial charge in [-0.15, -0.1) is 11.3 Å². The van der Waals surface area contributed by atoms with E-state index in [4.69, 9.17) is 4.74 Å². The normalized spacial score (nSPS) is 17.6. The van der Waals surface area contributed by atoms with Crippen LogP contribution in [0.3, 0.4) is 0 Å². The largest absolute Gasteiger partial charge is 0.492 e. The van der Waals surface area contributed by atoms with Crippen LogP contribution in [0.15, 0.2) is 31.8 Å². The fourth-order valence-corrected chi connectivity index (χ4v) is 6.41. The Bertz CT molecular complexity index is 663. The molecule has 0 bridgehead atoms. The molecular weight excluding hydrogens is 468 g/mol. The van der Waals surface area contributed by atoms with Gasteiger partial charge in [0.1, 0.15) is 5.75 Å². The van der Waals surface area contributed by atoms with Gasteiger partial charge in [-0.2, -0.15) is 0 Å². The zero-order chi connectivity index (χ0) is 14.5. The molecule has 3 rings (SSSR count). The van der Waals surface area contributed by atoms with Gasteiger partial charge in [-0.05, 0) is 61.2 Å². The highest BCUT2D eigenvalue weighted by molar-refractivity contribution is 9.12. The molecule has 0 amide bonds. The maximum Gasteiger partial charge on any atom is 0.123 e. The highest BCUT2D eigenvalue weighted by atomic mass is 79.9. The van der Waals surface area contributed by atoms with Crippen molar-refractivity contribution in [1.29, 1.82) is 0 Å². The smallest absolute Gasteiger partial charge is 0.123 e. The number of ether oxygens (including phenoxy) is 1. The van der Waals surface area contributed by atoms with Crippen molar-refractivity contribution in [2.45, 2.75) is 24.1 Å². The van der Waals surface area contributed by atoms with E-state index in [1.807, 2.05) is 0 Å². The Morgan fingerprint density at radius 3 is 2.65 bits per heavy atom. The molecular formula is C15H13Br3OS. The van der Waals surface area contributed by atoms with Crippen LogP contribution in [0.25, 0.3) is 0 Å². The van der Waals surface area contributed by atoms with E-state index in [2.05, 4.69) is 85.9 Å². The first-order valence-electron chi connectivity index (χ1n) is 6.24. The molecule has 0 aliphatic carbocycles. The molecule has 2 heterocycles. The topological polar surface area (TPSA) is 9.23 Å². The van der Waals surface area contributed by atoms with Crippen molar-refractivity contribution in [1.82, 2.24) is 0 Å². The van der Waals surface area contributed by atoms with Gasteiger partial charge in [0.2, 0.25) is 0 Å². The molecule has 0 N–H and O–H groups in total. The third-order valence-electron chi connectivity index (χ3n) is 3.57. The Morgan fingerprint density at radius 1 is 1.25 bits per heavy atom. The third-order valence-corrected chi connectivity index (χ3v) is 6.98. The highest BCUT2D eigenvalue weighted by Gasteiger charge is 2.32. The molecule has 0 saturated heterocycles. The molecule has 0 radical (unpaired) electrons. The molecule has 1 aromatic heterocycles. The van der Waals surface area contributed by atoms with Crippen LogP contribution in [0.5, 0.6) is 5.75 Å². The average molecular weight is 481 g/mol. The summed E-state index contributed by atoms with van der Waals surface area (Å²) >= 11 is 12.7. The maximum absolute atomic E-state index is 5.75. The maximum atomic E-state index is 5.75. The summed E-state index contributed by atoms with van der Waals surface area (Å²) in [5.74, 6) is 1.02. The van der Waals surface area contributed by atoms with Gasteiger partial charge >= 0.3 is 0 Å². The monoisotopic (exact) mass is 478 g/mol. The first-order chi connectivity index (χ1) is 9.38. The summed E-state index contributed by atoms with van der Waals surface area (Å²) in [6.45, 7) is 5.21. The van der Waals surface area contributed by atoms with E-state index >= 15 is 0 Å². The van der Waals surface area contributed by atoms with Crippen molar-refractivity contribution < 1.29 is 4.74 Å². The van der Waals surface area contributed by atoms with Crippen LogP contribution < -0.4 is 4.74 Å². The first kappa shape index (κ1) is 15.1. The molecule has 1 atom stereocenters. The van der Waals surface area contributed by atoms with Gasteiger partial charge in [-0.3, -0.25) is 0 Å². The van der Waals surface area contributed by atoms with Crippen LogP contribution in [0, 0.1) is 0 Å². The quantitative estimate of drug-likeness (QED) is 0.450. The van der Waals surface area contributed by atoms with Gasteiger partial charge in [0.25, 0.3) is 0 Å². The minimum absolute atomic E-state index is 0.0878. The van der Waals surface area contributed by atoms with Crippen LogP contribution >= 0.6 is 59.1 Å². The van der Waals surface area contributed by atoms with E-state index < -0.39 is 0 Å². The fourth-order valence-electron chi connectivity index (χ4n) is 2.40. The highest BCUT2D eigenvalue weighted by Crippen LogP contribution is 2.45. The minimum Gasteiger partial charge on any atom is -0.492 e. The fraction of sp³-hybridized carbons (Fsp3) is 0.333. The van der Waals surface area contributed by atoms with E-state index in [1.165, 1.54) is 16.7 Å². The Kier molecular flexibility index (Phi) is 4.08. The molecule has 0 saturated carbocycles. The van der Waals surface area contributed by atoms with Gasteiger partial charge in [-0.25, -0.2) is 0 Å². The Morgan fingerprint density at radius 2 is 2.00 bits per heavy atom. The average Bonchev–Trinajstić information content (AvgIpc) is 2.88. The van der Waals surface area contributed by atoms with Crippen LogP contribution in [0.1, 0.15) is 35.4 Å². The second kappa shape index (κ2) is 5.41. The summed E-state index contributed by atoms with van der Waals surface area (Å²) in [4.78, 5) is 0.182. The van der Waals surface area contributed by atoms with Crippen LogP contribution in [-0.2, 0) is 5.41 Å².